The summed E-state index contributed by atoms with van der Waals surface area (Å²) in [5.74, 6) is 0.219. The van der Waals surface area contributed by atoms with E-state index in [9.17, 15) is 18.0 Å². The average Bonchev–Trinajstić information content (AvgIpc) is 2.85. The third-order valence-electron chi connectivity index (χ3n) is 5.90. The van der Waals surface area contributed by atoms with E-state index in [2.05, 4.69) is 5.32 Å². The van der Waals surface area contributed by atoms with E-state index in [4.69, 9.17) is 4.74 Å². The lowest BCUT2D eigenvalue weighted by molar-refractivity contribution is -0.141. The predicted octanol–water partition coefficient (Wildman–Crippen LogP) is 3.36. The van der Waals surface area contributed by atoms with Crippen LogP contribution in [0.15, 0.2) is 48.5 Å². The lowest BCUT2D eigenvalue weighted by Crippen LogP contribution is -2.48. The molecule has 2 aromatic rings. The molecule has 1 atom stereocenters. The van der Waals surface area contributed by atoms with Crippen LogP contribution >= 0.6 is 0 Å². The van der Waals surface area contributed by atoms with E-state index in [1.807, 2.05) is 50.2 Å². The van der Waals surface area contributed by atoms with Crippen molar-refractivity contribution in [1.29, 1.82) is 0 Å². The highest BCUT2D eigenvalue weighted by Gasteiger charge is 2.28. The SMILES string of the molecule is CCc1ccc(N(CCCC(=O)N(Cc2cccc(OC)c2)[C@@H](CC)C(=O)NC)S(C)(=O)=O)cc1. The maximum Gasteiger partial charge on any atom is 0.242 e. The molecule has 2 amide bonds. The zero-order valence-corrected chi connectivity index (χ0v) is 22.1. The van der Waals surface area contributed by atoms with E-state index < -0.39 is 16.1 Å². The average molecular weight is 504 g/mol. The zero-order chi connectivity index (χ0) is 26.0. The highest BCUT2D eigenvalue weighted by atomic mass is 32.2. The molecule has 2 aromatic carbocycles. The van der Waals surface area contributed by atoms with Gasteiger partial charge in [-0.25, -0.2) is 8.42 Å². The van der Waals surface area contributed by atoms with Gasteiger partial charge in [-0.3, -0.25) is 13.9 Å². The number of hydrogen-bond acceptors (Lipinski definition) is 5. The summed E-state index contributed by atoms with van der Waals surface area (Å²) >= 11 is 0. The van der Waals surface area contributed by atoms with Crippen LogP contribution in [-0.2, 0) is 32.6 Å². The summed E-state index contributed by atoms with van der Waals surface area (Å²) in [6.45, 7) is 4.31. The molecule has 8 nitrogen and oxygen atoms in total. The fourth-order valence-corrected chi connectivity index (χ4v) is 4.92. The molecule has 9 heteroatoms. The van der Waals surface area contributed by atoms with Gasteiger partial charge in [-0.2, -0.15) is 0 Å². The second-order valence-corrected chi connectivity index (χ2v) is 10.3. The van der Waals surface area contributed by atoms with Gasteiger partial charge in [0.25, 0.3) is 0 Å². The minimum absolute atomic E-state index is 0.108. The van der Waals surface area contributed by atoms with Gasteiger partial charge in [0, 0.05) is 26.6 Å². The molecule has 0 aliphatic carbocycles. The van der Waals surface area contributed by atoms with Crippen LogP contribution < -0.4 is 14.4 Å². The second-order valence-electron chi connectivity index (χ2n) is 8.37. The maximum absolute atomic E-state index is 13.3. The van der Waals surface area contributed by atoms with Gasteiger partial charge in [-0.15, -0.1) is 0 Å². The van der Waals surface area contributed by atoms with Crippen molar-refractivity contribution in [3.63, 3.8) is 0 Å². The minimum atomic E-state index is -3.52. The van der Waals surface area contributed by atoms with Gasteiger partial charge in [0.15, 0.2) is 0 Å². The van der Waals surface area contributed by atoms with Gasteiger partial charge in [-0.05, 0) is 54.7 Å². The Morgan fingerprint density at radius 1 is 1.06 bits per heavy atom. The Balaban J connectivity index is 2.19. The first-order valence-electron chi connectivity index (χ1n) is 11.8. The van der Waals surface area contributed by atoms with Crippen LogP contribution in [0.1, 0.15) is 44.2 Å². The molecule has 0 bridgehead atoms. The summed E-state index contributed by atoms with van der Waals surface area (Å²) in [5.41, 5.74) is 2.53. The van der Waals surface area contributed by atoms with Crippen molar-refractivity contribution in [2.24, 2.45) is 0 Å². The number of anilines is 1. The van der Waals surface area contributed by atoms with Crippen LogP contribution in [-0.4, -0.2) is 58.1 Å². The molecule has 0 unspecified atom stereocenters. The van der Waals surface area contributed by atoms with Gasteiger partial charge in [0.2, 0.25) is 21.8 Å². The Labute approximate surface area is 209 Å². The van der Waals surface area contributed by atoms with E-state index in [0.29, 0.717) is 24.3 Å². The van der Waals surface area contributed by atoms with Gasteiger partial charge in [0.05, 0.1) is 19.1 Å². The molecule has 0 spiro atoms. The number of likely N-dealkylation sites (N-methyl/N-ethyl adjacent to an activating group) is 1. The Morgan fingerprint density at radius 3 is 2.29 bits per heavy atom. The van der Waals surface area contributed by atoms with Crippen LogP contribution in [0, 0.1) is 0 Å². The number of nitrogens with zero attached hydrogens (tertiary/aromatic N) is 2. The molecule has 0 fully saturated rings. The van der Waals surface area contributed by atoms with E-state index >= 15 is 0 Å². The van der Waals surface area contributed by atoms with Gasteiger partial charge < -0.3 is 15.0 Å². The number of amides is 2. The lowest BCUT2D eigenvalue weighted by Gasteiger charge is -2.31. The van der Waals surface area contributed by atoms with Crippen molar-refractivity contribution >= 4 is 27.5 Å². The summed E-state index contributed by atoms with van der Waals surface area (Å²) in [6.07, 6.45) is 2.91. The quantitative estimate of drug-likeness (QED) is 0.452. The summed E-state index contributed by atoms with van der Waals surface area (Å²) in [4.78, 5) is 27.4. The zero-order valence-electron chi connectivity index (χ0n) is 21.3. The molecule has 0 aliphatic rings. The third kappa shape index (κ3) is 7.99. The minimum Gasteiger partial charge on any atom is -0.497 e. The van der Waals surface area contributed by atoms with E-state index in [1.54, 1.807) is 31.2 Å². The van der Waals surface area contributed by atoms with Crippen molar-refractivity contribution in [3.8, 4) is 5.75 Å². The normalized spacial score (nSPS) is 12.0. The van der Waals surface area contributed by atoms with Crippen LogP contribution in [0.4, 0.5) is 5.69 Å². The standard InChI is InChI=1S/C26H37N3O5S/c1-6-20-13-15-22(16-14-20)29(35(5,32)33)17-9-12-25(30)28(24(7-2)26(31)27-3)19-21-10-8-11-23(18-21)34-4/h8,10-11,13-16,18,24H,6-7,9,12,17,19H2,1-5H3,(H,27,31)/t24-/m0/s1. The molecule has 0 saturated heterocycles. The van der Waals surface area contributed by atoms with E-state index in [-0.39, 0.29) is 31.3 Å². The highest BCUT2D eigenvalue weighted by molar-refractivity contribution is 7.92. The summed E-state index contributed by atoms with van der Waals surface area (Å²) in [6, 6.07) is 14.1. The molecule has 192 valence electrons. The third-order valence-corrected chi connectivity index (χ3v) is 7.10. The molecule has 0 saturated carbocycles. The Morgan fingerprint density at radius 2 is 1.74 bits per heavy atom. The summed E-state index contributed by atoms with van der Waals surface area (Å²) in [7, 11) is -0.397. The molecule has 0 heterocycles. The van der Waals surface area contributed by atoms with Crippen molar-refractivity contribution in [2.75, 3.05) is 31.3 Å². The van der Waals surface area contributed by atoms with Crippen molar-refractivity contribution < 1.29 is 22.7 Å². The lowest BCUT2D eigenvalue weighted by atomic mass is 10.1. The van der Waals surface area contributed by atoms with Crippen molar-refractivity contribution in [2.45, 2.75) is 52.1 Å². The number of methoxy groups -OCH3 is 1. The van der Waals surface area contributed by atoms with Crippen LogP contribution in [0.5, 0.6) is 5.75 Å². The highest BCUT2D eigenvalue weighted by Crippen LogP contribution is 2.21. The first kappa shape index (κ1) is 28.2. The van der Waals surface area contributed by atoms with E-state index in [1.165, 1.54) is 4.31 Å². The second kappa shape index (κ2) is 13.1. The molecule has 0 aliphatic heterocycles. The summed E-state index contributed by atoms with van der Waals surface area (Å²) < 4.78 is 31.5. The fraction of sp³-hybridized carbons (Fsp3) is 0.462. The summed E-state index contributed by atoms with van der Waals surface area (Å²) in [5, 5.41) is 2.64. The van der Waals surface area contributed by atoms with Crippen LogP contribution in [0.3, 0.4) is 0 Å². The molecule has 0 aromatic heterocycles. The number of benzene rings is 2. The first-order valence-corrected chi connectivity index (χ1v) is 13.7. The van der Waals surface area contributed by atoms with Crippen molar-refractivity contribution in [3.05, 3.63) is 59.7 Å². The maximum atomic E-state index is 13.3. The first-order chi connectivity index (χ1) is 16.6. The van der Waals surface area contributed by atoms with Crippen LogP contribution in [0.25, 0.3) is 0 Å². The topological polar surface area (TPSA) is 96.0 Å². The predicted molar refractivity (Wildman–Crippen MR) is 139 cm³/mol. The molecule has 0 radical (unpaired) electrons. The number of aryl methyl sites for hydroxylation is 1. The molecule has 1 N–H and O–H groups in total. The van der Waals surface area contributed by atoms with Crippen LogP contribution in [0.2, 0.25) is 0 Å². The van der Waals surface area contributed by atoms with Gasteiger partial charge in [-0.1, -0.05) is 38.1 Å². The number of hydrogen-bond donors (Lipinski definition) is 1. The number of carbonyl (C=O) groups excluding carboxylic acids is 2. The Kier molecular flexibility index (Phi) is 10.6. The van der Waals surface area contributed by atoms with Crippen molar-refractivity contribution in [1.82, 2.24) is 10.2 Å². The largest absolute Gasteiger partial charge is 0.497 e. The molecular weight excluding hydrogens is 466 g/mol. The van der Waals surface area contributed by atoms with E-state index in [0.717, 1.165) is 23.8 Å². The molecule has 35 heavy (non-hydrogen) atoms. The Bertz CT molecular complexity index is 1090. The monoisotopic (exact) mass is 503 g/mol. The number of carbonyl (C=O) groups is 2. The Hall–Kier alpha value is -3.07. The number of rotatable bonds is 13. The molecule has 2 rings (SSSR count). The fourth-order valence-electron chi connectivity index (χ4n) is 3.96. The smallest absolute Gasteiger partial charge is 0.242 e. The number of ether oxygens (including phenoxy) is 1. The molecular formula is C26H37N3O5S. The number of sulfonamides is 1. The number of nitrogens with one attached hydrogen (secondary N) is 1. The van der Waals surface area contributed by atoms with Gasteiger partial charge >= 0.3 is 0 Å². The van der Waals surface area contributed by atoms with Gasteiger partial charge in [0.1, 0.15) is 11.8 Å².